The molecule has 0 saturated carbocycles. The molecule has 3 amide bonds. The van der Waals surface area contributed by atoms with Gasteiger partial charge in [-0.05, 0) is 54.4 Å². The summed E-state index contributed by atoms with van der Waals surface area (Å²) in [5.74, 6) is -1.20. The standard InChI is InChI=1S/C38H47F3N4O4/c1-4-26(2)37(44-27(3)46)20-21-45(36(37)49)33(19-18-28-12-7-5-8-13-28)35(48)43-32(23-29-14-9-6-10-15-29)34(47)25-42-24-30-16-11-17-31(22-30)38(39,40)41/h5-17,22,26,32-34,42,47H,4,18-21,23-25H2,1-3H3,(H,43,48)(H,44,46)/t26-,32-,33-,34?,37-/m0/s1. The molecule has 4 rings (SSSR count). The van der Waals surface area contributed by atoms with Crippen molar-refractivity contribution < 1.29 is 32.7 Å². The monoisotopic (exact) mass is 680 g/mol. The lowest BCUT2D eigenvalue weighted by Gasteiger charge is -2.36. The Labute approximate surface area is 286 Å². The summed E-state index contributed by atoms with van der Waals surface area (Å²) in [5, 5.41) is 20.4. The van der Waals surface area contributed by atoms with Crippen LogP contribution in [-0.4, -0.2) is 64.5 Å². The van der Waals surface area contributed by atoms with E-state index < -0.39 is 41.4 Å². The number of rotatable bonds is 16. The second-order valence-electron chi connectivity index (χ2n) is 13.0. The summed E-state index contributed by atoms with van der Waals surface area (Å²) in [5.41, 5.74) is 0.395. The molecule has 3 aromatic rings. The molecule has 1 saturated heterocycles. The van der Waals surface area contributed by atoms with Gasteiger partial charge in [0.25, 0.3) is 0 Å². The topological polar surface area (TPSA) is 111 Å². The number of likely N-dealkylation sites (tertiary alicyclic amines) is 1. The first-order chi connectivity index (χ1) is 23.3. The third-order valence-corrected chi connectivity index (χ3v) is 9.50. The normalized spacial score (nSPS) is 18.8. The third kappa shape index (κ3) is 9.92. The number of aliphatic hydroxyl groups excluding tert-OH is 1. The lowest BCUT2D eigenvalue weighted by Crippen LogP contribution is -2.60. The summed E-state index contributed by atoms with van der Waals surface area (Å²) in [6.45, 7) is 5.62. The molecule has 4 N–H and O–H groups in total. The highest BCUT2D eigenvalue weighted by Gasteiger charge is 2.53. The molecule has 8 nitrogen and oxygen atoms in total. The number of hydrogen-bond acceptors (Lipinski definition) is 5. The smallest absolute Gasteiger partial charge is 0.390 e. The number of aliphatic hydroxyl groups is 1. The molecule has 5 atom stereocenters. The van der Waals surface area contributed by atoms with Gasteiger partial charge in [0, 0.05) is 26.6 Å². The first-order valence-electron chi connectivity index (χ1n) is 16.9. The zero-order chi connectivity index (χ0) is 35.6. The van der Waals surface area contributed by atoms with Gasteiger partial charge in [-0.3, -0.25) is 14.4 Å². The number of hydrogen-bond donors (Lipinski definition) is 4. The molecule has 0 aromatic heterocycles. The Morgan fingerprint density at radius 2 is 1.59 bits per heavy atom. The average Bonchev–Trinajstić information content (AvgIpc) is 3.40. The highest BCUT2D eigenvalue weighted by atomic mass is 19.4. The van der Waals surface area contributed by atoms with Crippen LogP contribution >= 0.6 is 0 Å². The van der Waals surface area contributed by atoms with Crippen LogP contribution in [0.15, 0.2) is 84.9 Å². The zero-order valence-corrected chi connectivity index (χ0v) is 28.3. The number of benzene rings is 3. The van der Waals surface area contributed by atoms with Crippen molar-refractivity contribution >= 4 is 17.7 Å². The molecule has 1 fully saturated rings. The van der Waals surface area contributed by atoms with E-state index in [0.29, 0.717) is 31.2 Å². The number of amides is 3. The van der Waals surface area contributed by atoms with Crippen LogP contribution in [0, 0.1) is 5.92 Å². The van der Waals surface area contributed by atoms with Crippen LogP contribution in [0.4, 0.5) is 13.2 Å². The van der Waals surface area contributed by atoms with Crippen molar-refractivity contribution in [2.75, 3.05) is 13.1 Å². The van der Waals surface area contributed by atoms with Crippen LogP contribution in [0.5, 0.6) is 0 Å². The van der Waals surface area contributed by atoms with E-state index in [4.69, 9.17) is 0 Å². The van der Waals surface area contributed by atoms with E-state index in [1.165, 1.54) is 13.0 Å². The number of alkyl halides is 3. The van der Waals surface area contributed by atoms with Crippen molar-refractivity contribution in [1.82, 2.24) is 20.9 Å². The Hall–Kier alpha value is -4.22. The van der Waals surface area contributed by atoms with E-state index in [9.17, 15) is 32.7 Å². The van der Waals surface area contributed by atoms with Crippen molar-refractivity contribution in [3.63, 3.8) is 0 Å². The van der Waals surface area contributed by atoms with E-state index in [-0.39, 0.29) is 43.8 Å². The van der Waals surface area contributed by atoms with Crippen LogP contribution in [0.25, 0.3) is 0 Å². The second-order valence-corrected chi connectivity index (χ2v) is 13.0. The minimum absolute atomic E-state index is 0.00892. The molecule has 264 valence electrons. The first-order valence-corrected chi connectivity index (χ1v) is 16.9. The fourth-order valence-electron chi connectivity index (χ4n) is 6.59. The van der Waals surface area contributed by atoms with Gasteiger partial charge in [0.2, 0.25) is 17.7 Å². The molecule has 3 aromatic carbocycles. The summed E-state index contributed by atoms with van der Waals surface area (Å²) < 4.78 is 39.7. The molecule has 0 radical (unpaired) electrons. The average molecular weight is 681 g/mol. The van der Waals surface area contributed by atoms with Crippen molar-refractivity contribution in [2.45, 2.75) is 89.3 Å². The Kier molecular flexibility index (Phi) is 13.0. The highest BCUT2D eigenvalue weighted by Crippen LogP contribution is 2.35. The fraction of sp³-hybridized carbons (Fsp3) is 0.447. The number of aryl methyl sites for hydroxylation is 1. The van der Waals surface area contributed by atoms with Gasteiger partial charge in [-0.2, -0.15) is 13.2 Å². The van der Waals surface area contributed by atoms with Crippen LogP contribution in [0.2, 0.25) is 0 Å². The Bertz CT molecular complexity index is 1540. The van der Waals surface area contributed by atoms with Crippen LogP contribution in [-0.2, 0) is 39.9 Å². The summed E-state index contributed by atoms with van der Waals surface area (Å²) in [4.78, 5) is 42.3. The van der Waals surface area contributed by atoms with Gasteiger partial charge >= 0.3 is 6.18 Å². The molecule has 0 aliphatic carbocycles. The quantitative estimate of drug-likeness (QED) is 0.170. The molecular formula is C38H47F3N4O4. The second kappa shape index (κ2) is 16.9. The van der Waals surface area contributed by atoms with Gasteiger partial charge in [-0.25, -0.2) is 0 Å². The van der Waals surface area contributed by atoms with E-state index in [1.807, 2.05) is 74.5 Å². The predicted molar refractivity (Wildman–Crippen MR) is 182 cm³/mol. The lowest BCUT2D eigenvalue weighted by molar-refractivity contribution is -0.144. The van der Waals surface area contributed by atoms with Crippen molar-refractivity contribution in [1.29, 1.82) is 0 Å². The molecule has 11 heteroatoms. The number of nitrogens with one attached hydrogen (secondary N) is 3. The summed E-state index contributed by atoms with van der Waals surface area (Å²) in [6.07, 6.45) is -3.45. The Morgan fingerprint density at radius 1 is 0.959 bits per heavy atom. The fourth-order valence-corrected chi connectivity index (χ4v) is 6.59. The molecule has 0 bridgehead atoms. The molecule has 1 unspecified atom stereocenters. The van der Waals surface area contributed by atoms with Crippen LogP contribution < -0.4 is 16.0 Å². The van der Waals surface area contributed by atoms with Gasteiger partial charge in [-0.1, -0.05) is 99.1 Å². The Morgan fingerprint density at radius 3 is 2.20 bits per heavy atom. The SMILES string of the molecule is CC[C@H](C)[C@@]1(NC(C)=O)CCN([C@@H](CCc2ccccc2)C(=O)N[C@@H](Cc2ccccc2)C(O)CNCc2cccc(C(F)(F)F)c2)C1=O. The maximum absolute atomic E-state index is 14.3. The maximum atomic E-state index is 14.3. The molecule has 1 heterocycles. The molecule has 1 aliphatic heterocycles. The highest BCUT2D eigenvalue weighted by molar-refractivity contribution is 5.96. The number of carbonyl (C=O) groups excluding carboxylic acids is 3. The van der Waals surface area contributed by atoms with Gasteiger partial charge in [0.05, 0.1) is 17.7 Å². The number of nitrogens with zero attached hydrogens (tertiary/aromatic N) is 1. The van der Waals surface area contributed by atoms with Crippen LogP contribution in [0.3, 0.4) is 0 Å². The van der Waals surface area contributed by atoms with E-state index in [1.54, 1.807) is 11.0 Å². The third-order valence-electron chi connectivity index (χ3n) is 9.50. The first kappa shape index (κ1) is 37.6. The minimum Gasteiger partial charge on any atom is -0.390 e. The summed E-state index contributed by atoms with van der Waals surface area (Å²) in [7, 11) is 0. The van der Waals surface area contributed by atoms with Gasteiger partial charge < -0.3 is 26.0 Å². The Balaban J connectivity index is 1.56. The lowest BCUT2D eigenvalue weighted by atomic mass is 9.81. The molecule has 49 heavy (non-hydrogen) atoms. The summed E-state index contributed by atoms with van der Waals surface area (Å²) >= 11 is 0. The zero-order valence-electron chi connectivity index (χ0n) is 28.3. The van der Waals surface area contributed by atoms with Crippen molar-refractivity contribution in [3.05, 3.63) is 107 Å². The maximum Gasteiger partial charge on any atom is 0.416 e. The van der Waals surface area contributed by atoms with E-state index in [0.717, 1.165) is 23.3 Å². The molecule has 1 aliphatic rings. The molecular weight excluding hydrogens is 633 g/mol. The number of halogens is 3. The number of carbonyl (C=O) groups is 3. The summed E-state index contributed by atoms with van der Waals surface area (Å²) in [6, 6.07) is 22.3. The van der Waals surface area contributed by atoms with Crippen molar-refractivity contribution in [2.24, 2.45) is 5.92 Å². The molecule has 0 spiro atoms. The predicted octanol–water partition coefficient (Wildman–Crippen LogP) is 5.04. The van der Waals surface area contributed by atoms with Gasteiger partial charge in [-0.15, -0.1) is 0 Å². The van der Waals surface area contributed by atoms with Gasteiger partial charge in [0.15, 0.2) is 0 Å². The largest absolute Gasteiger partial charge is 0.416 e. The minimum atomic E-state index is -4.47. The van der Waals surface area contributed by atoms with Crippen LogP contribution in [0.1, 0.15) is 62.3 Å². The van der Waals surface area contributed by atoms with Crippen molar-refractivity contribution in [3.8, 4) is 0 Å². The van der Waals surface area contributed by atoms with Gasteiger partial charge in [0.1, 0.15) is 11.6 Å². The van der Waals surface area contributed by atoms with E-state index in [2.05, 4.69) is 16.0 Å². The van der Waals surface area contributed by atoms with E-state index >= 15 is 0 Å².